The SMILES string of the molecule is Cc1ccc(S(=O)(=O)C(CNC(=O)C(=O)NC2CC2)c2cccs2)cc1. The standard InChI is InChI=1S/C18H20N2O4S2/c1-12-4-8-14(9-5-12)26(23,24)16(15-3-2-10-25-15)11-19-17(21)18(22)20-13-6-7-13/h2-5,8-10,13,16H,6-7,11H2,1H3,(H,19,21)(H,20,22). The van der Waals surface area contributed by atoms with Gasteiger partial charge < -0.3 is 10.6 Å². The second-order valence-corrected chi connectivity index (χ2v) is 9.43. The summed E-state index contributed by atoms with van der Waals surface area (Å²) in [7, 11) is -3.71. The molecule has 1 aliphatic carbocycles. The first-order valence-corrected chi connectivity index (χ1v) is 10.7. The molecule has 0 saturated heterocycles. The Morgan fingerprint density at radius 2 is 1.85 bits per heavy atom. The van der Waals surface area contributed by atoms with Gasteiger partial charge in [-0.05, 0) is 43.3 Å². The highest BCUT2D eigenvalue weighted by Crippen LogP contribution is 2.31. The Labute approximate surface area is 156 Å². The van der Waals surface area contributed by atoms with E-state index >= 15 is 0 Å². The van der Waals surface area contributed by atoms with Crippen molar-refractivity contribution in [2.75, 3.05) is 6.54 Å². The molecule has 6 nitrogen and oxygen atoms in total. The van der Waals surface area contributed by atoms with Crippen molar-refractivity contribution in [3.63, 3.8) is 0 Å². The van der Waals surface area contributed by atoms with Crippen LogP contribution in [0.25, 0.3) is 0 Å². The summed E-state index contributed by atoms with van der Waals surface area (Å²) in [6, 6.07) is 10.1. The number of thiophene rings is 1. The second-order valence-electron chi connectivity index (χ2n) is 6.32. The van der Waals surface area contributed by atoms with E-state index in [2.05, 4.69) is 10.6 Å². The van der Waals surface area contributed by atoms with Gasteiger partial charge in [-0.15, -0.1) is 11.3 Å². The molecule has 1 fully saturated rings. The van der Waals surface area contributed by atoms with Crippen molar-refractivity contribution in [3.05, 3.63) is 52.2 Å². The predicted molar refractivity (Wildman–Crippen MR) is 99.6 cm³/mol. The van der Waals surface area contributed by atoms with Gasteiger partial charge in [-0.3, -0.25) is 9.59 Å². The molecule has 2 amide bonds. The summed E-state index contributed by atoms with van der Waals surface area (Å²) in [6.45, 7) is 1.72. The summed E-state index contributed by atoms with van der Waals surface area (Å²) in [5.41, 5.74) is 0.960. The minimum Gasteiger partial charge on any atom is -0.346 e. The van der Waals surface area contributed by atoms with E-state index in [-0.39, 0.29) is 17.5 Å². The molecule has 1 heterocycles. The molecule has 1 atom stereocenters. The van der Waals surface area contributed by atoms with Gasteiger partial charge in [-0.2, -0.15) is 0 Å². The number of hydrogen-bond acceptors (Lipinski definition) is 5. The summed E-state index contributed by atoms with van der Waals surface area (Å²) in [5, 5.41) is 5.90. The van der Waals surface area contributed by atoms with E-state index in [1.54, 1.807) is 41.8 Å². The van der Waals surface area contributed by atoms with E-state index in [4.69, 9.17) is 0 Å². The van der Waals surface area contributed by atoms with E-state index in [0.29, 0.717) is 4.88 Å². The monoisotopic (exact) mass is 392 g/mol. The first kappa shape index (κ1) is 18.6. The molecule has 1 aliphatic rings. The lowest BCUT2D eigenvalue weighted by atomic mass is 10.2. The van der Waals surface area contributed by atoms with E-state index in [0.717, 1.165) is 18.4 Å². The average Bonchev–Trinajstić information content (AvgIpc) is 3.26. The highest BCUT2D eigenvalue weighted by atomic mass is 32.2. The van der Waals surface area contributed by atoms with Crippen LogP contribution in [-0.4, -0.2) is 32.8 Å². The number of sulfone groups is 1. The lowest BCUT2D eigenvalue weighted by Gasteiger charge is -2.17. The number of hydrogen-bond donors (Lipinski definition) is 2. The maximum absolute atomic E-state index is 13.1. The summed E-state index contributed by atoms with van der Waals surface area (Å²) in [6.07, 6.45) is 1.75. The minimum atomic E-state index is -3.71. The van der Waals surface area contributed by atoms with Gasteiger partial charge in [0.25, 0.3) is 0 Å². The average molecular weight is 393 g/mol. The van der Waals surface area contributed by atoms with Crippen LogP contribution in [0.15, 0.2) is 46.7 Å². The van der Waals surface area contributed by atoms with Crippen molar-refractivity contribution in [2.45, 2.75) is 36.0 Å². The van der Waals surface area contributed by atoms with Gasteiger partial charge in [0, 0.05) is 17.5 Å². The molecule has 1 saturated carbocycles. The molecule has 8 heteroatoms. The van der Waals surface area contributed by atoms with E-state index < -0.39 is 26.9 Å². The van der Waals surface area contributed by atoms with Crippen LogP contribution in [0, 0.1) is 6.92 Å². The Morgan fingerprint density at radius 3 is 2.42 bits per heavy atom. The van der Waals surface area contributed by atoms with Crippen LogP contribution in [-0.2, 0) is 19.4 Å². The summed E-state index contributed by atoms with van der Waals surface area (Å²) >= 11 is 1.31. The van der Waals surface area contributed by atoms with Gasteiger partial charge in [0.1, 0.15) is 5.25 Å². The van der Waals surface area contributed by atoms with Gasteiger partial charge in [-0.1, -0.05) is 23.8 Å². The lowest BCUT2D eigenvalue weighted by molar-refractivity contribution is -0.139. The first-order valence-electron chi connectivity index (χ1n) is 8.30. The van der Waals surface area contributed by atoms with E-state index in [1.807, 2.05) is 6.92 Å². The van der Waals surface area contributed by atoms with Gasteiger partial charge in [-0.25, -0.2) is 8.42 Å². The molecule has 0 spiro atoms. The molecule has 0 bridgehead atoms. The Kier molecular flexibility index (Phi) is 5.43. The smallest absolute Gasteiger partial charge is 0.309 e. The number of carbonyl (C=O) groups excluding carboxylic acids is 2. The molecular weight excluding hydrogens is 372 g/mol. The van der Waals surface area contributed by atoms with Crippen molar-refractivity contribution >= 4 is 33.0 Å². The largest absolute Gasteiger partial charge is 0.346 e. The first-order chi connectivity index (χ1) is 12.4. The van der Waals surface area contributed by atoms with E-state index in [1.165, 1.54) is 11.3 Å². The van der Waals surface area contributed by atoms with Crippen molar-refractivity contribution in [3.8, 4) is 0 Å². The molecule has 1 aromatic heterocycles. The van der Waals surface area contributed by atoms with Crippen molar-refractivity contribution in [2.24, 2.45) is 0 Å². The highest BCUT2D eigenvalue weighted by molar-refractivity contribution is 7.91. The van der Waals surface area contributed by atoms with E-state index in [9.17, 15) is 18.0 Å². The second kappa shape index (κ2) is 7.59. The number of benzene rings is 1. The van der Waals surface area contributed by atoms with Crippen LogP contribution in [0.4, 0.5) is 0 Å². The Balaban J connectivity index is 1.78. The topological polar surface area (TPSA) is 92.3 Å². The third-order valence-corrected chi connectivity index (χ3v) is 7.39. The van der Waals surface area contributed by atoms with Gasteiger partial charge in [0.15, 0.2) is 9.84 Å². The summed E-state index contributed by atoms with van der Waals surface area (Å²) < 4.78 is 26.1. The normalized spacial score (nSPS) is 15.3. The van der Waals surface area contributed by atoms with Gasteiger partial charge in [0.2, 0.25) is 0 Å². The lowest BCUT2D eigenvalue weighted by Crippen LogP contribution is -2.42. The zero-order chi connectivity index (χ0) is 18.7. The van der Waals surface area contributed by atoms with Crippen LogP contribution in [0.1, 0.15) is 28.5 Å². The third-order valence-electron chi connectivity index (χ3n) is 4.15. The Hall–Kier alpha value is -2.19. The van der Waals surface area contributed by atoms with Gasteiger partial charge in [0.05, 0.1) is 4.90 Å². The number of amides is 2. The maximum Gasteiger partial charge on any atom is 0.309 e. The predicted octanol–water partition coefficient (Wildman–Crippen LogP) is 1.97. The number of carbonyl (C=O) groups is 2. The number of aryl methyl sites for hydroxylation is 1. The molecule has 1 unspecified atom stereocenters. The van der Waals surface area contributed by atoms with Crippen LogP contribution in [0.5, 0.6) is 0 Å². The van der Waals surface area contributed by atoms with Crippen molar-refractivity contribution < 1.29 is 18.0 Å². The third kappa shape index (κ3) is 4.31. The molecule has 0 radical (unpaired) electrons. The molecule has 2 aromatic rings. The van der Waals surface area contributed by atoms with Crippen LogP contribution >= 0.6 is 11.3 Å². The summed E-state index contributed by atoms with van der Waals surface area (Å²) in [4.78, 5) is 24.6. The molecule has 1 aromatic carbocycles. The zero-order valence-electron chi connectivity index (χ0n) is 14.3. The fourth-order valence-electron chi connectivity index (χ4n) is 2.47. The van der Waals surface area contributed by atoms with Crippen LogP contribution in [0.3, 0.4) is 0 Å². The quantitative estimate of drug-likeness (QED) is 0.735. The Bertz CT molecular complexity index is 886. The molecule has 26 heavy (non-hydrogen) atoms. The molecule has 3 rings (SSSR count). The zero-order valence-corrected chi connectivity index (χ0v) is 15.9. The van der Waals surface area contributed by atoms with Crippen LogP contribution in [0.2, 0.25) is 0 Å². The minimum absolute atomic E-state index is 0.0673. The fraction of sp³-hybridized carbons (Fsp3) is 0.333. The molecule has 2 N–H and O–H groups in total. The molecule has 0 aliphatic heterocycles. The van der Waals surface area contributed by atoms with Crippen LogP contribution < -0.4 is 10.6 Å². The number of nitrogens with one attached hydrogen (secondary N) is 2. The highest BCUT2D eigenvalue weighted by Gasteiger charge is 2.32. The maximum atomic E-state index is 13.1. The molecule has 138 valence electrons. The Morgan fingerprint density at radius 1 is 1.15 bits per heavy atom. The van der Waals surface area contributed by atoms with Crippen molar-refractivity contribution in [1.29, 1.82) is 0 Å². The fourth-order valence-corrected chi connectivity index (χ4v) is 5.26. The van der Waals surface area contributed by atoms with Gasteiger partial charge >= 0.3 is 11.8 Å². The number of rotatable bonds is 6. The summed E-state index contributed by atoms with van der Waals surface area (Å²) in [5.74, 6) is -1.53. The van der Waals surface area contributed by atoms with Crippen molar-refractivity contribution in [1.82, 2.24) is 10.6 Å². The molecular formula is C18H20N2O4S2.